The summed E-state index contributed by atoms with van der Waals surface area (Å²) >= 11 is 6.13. The van der Waals surface area contributed by atoms with Crippen LogP contribution >= 0.6 is 11.6 Å². The van der Waals surface area contributed by atoms with Crippen LogP contribution in [0.15, 0.2) is 67.1 Å². The quantitative estimate of drug-likeness (QED) is 0.318. The van der Waals surface area contributed by atoms with E-state index >= 15 is 0 Å². The van der Waals surface area contributed by atoms with Gasteiger partial charge in [-0.1, -0.05) is 29.5 Å². The molecule has 0 saturated heterocycles. The summed E-state index contributed by atoms with van der Waals surface area (Å²) < 4.78 is 0. The number of halogens is 1. The third-order valence-electron chi connectivity index (χ3n) is 4.92. The monoisotopic (exact) mass is 472 g/mol. The van der Waals surface area contributed by atoms with Crippen molar-refractivity contribution in [2.75, 3.05) is 24.1 Å². The van der Waals surface area contributed by atoms with Crippen molar-refractivity contribution in [1.82, 2.24) is 20.3 Å². The molecule has 0 radical (unpaired) electrons. The number of aromatic nitrogens is 3. The second-order valence-corrected chi connectivity index (χ2v) is 7.83. The average molecular weight is 473 g/mol. The van der Waals surface area contributed by atoms with Gasteiger partial charge in [-0.2, -0.15) is 0 Å². The minimum atomic E-state index is -0.800. The summed E-state index contributed by atoms with van der Waals surface area (Å²) in [4.78, 5) is 24.6. The molecule has 2 heterocycles. The molecule has 0 spiro atoms. The molecule has 1 unspecified atom stereocenters. The van der Waals surface area contributed by atoms with Crippen LogP contribution in [0, 0.1) is 11.8 Å². The molecule has 1 atom stereocenters. The fraction of sp³-hybridized carbons (Fsp3) is 0.120. The Morgan fingerprint density at radius 2 is 1.82 bits per heavy atom. The third-order valence-corrected chi connectivity index (χ3v) is 5.16. The van der Waals surface area contributed by atoms with E-state index in [1.165, 1.54) is 0 Å². The first kappa shape index (κ1) is 23.0. The molecule has 4 rings (SSSR count). The summed E-state index contributed by atoms with van der Waals surface area (Å²) in [6.07, 6.45) is 4.08. The highest BCUT2D eigenvalue weighted by Gasteiger charge is 2.10. The molecule has 4 aromatic rings. The van der Waals surface area contributed by atoms with E-state index in [4.69, 9.17) is 17.3 Å². The number of hydrogen-bond acceptors (Lipinski definition) is 7. The molecule has 9 heteroatoms. The zero-order valence-corrected chi connectivity index (χ0v) is 18.8. The van der Waals surface area contributed by atoms with E-state index in [-0.39, 0.29) is 19.0 Å². The number of nitrogen functional groups attached to an aromatic ring is 1. The predicted molar refractivity (Wildman–Crippen MR) is 132 cm³/mol. The molecule has 0 saturated carbocycles. The van der Waals surface area contributed by atoms with Gasteiger partial charge in [0.05, 0.1) is 11.7 Å². The Hall–Kier alpha value is -4.19. The molecular weight excluding hydrogens is 452 g/mol. The Balaban J connectivity index is 1.37. The number of nitrogens with zero attached hydrogens (tertiary/aromatic N) is 3. The van der Waals surface area contributed by atoms with E-state index in [9.17, 15) is 9.90 Å². The van der Waals surface area contributed by atoms with E-state index in [1.54, 1.807) is 55.0 Å². The van der Waals surface area contributed by atoms with Gasteiger partial charge in [0.1, 0.15) is 5.82 Å². The number of aliphatic hydroxyl groups is 1. The van der Waals surface area contributed by atoms with E-state index in [0.29, 0.717) is 33.5 Å². The van der Waals surface area contributed by atoms with Crippen molar-refractivity contribution in [1.29, 1.82) is 0 Å². The molecule has 2 aromatic carbocycles. The number of carbonyl (C=O) groups excluding carboxylic acids is 1. The molecule has 0 bridgehead atoms. The van der Waals surface area contributed by atoms with Crippen LogP contribution in [0.4, 0.5) is 11.8 Å². The third kappa shape index (κ3) is 5.78. The van der Waals surface area contributed by atoms with E-state index in [0.717, 1.165) is 10.8 Å². The van der Waals surface area contributed by atoms with Crippen molar-refractivity contribution < 1.29 is 9.90 Å². The number of fused-ring (bicyclic) bond motifs is 1. The number of anilines is 2. The molecule has 0 aliphatic heterocycles. The maximum atomic E-state index is 12.4. The van der Waals surface area contributed by atoms with Gasteiger partial charge in [0.25, 0.3) is 5.91 Å². The zero-order chi connectivity index (χ0) is 23.9. The van der Waals surface area contributed by atoms with Crippen LogP contribution in [0.5, 0.6) is 0 Å². The van der Waals surface area contributed by atoms with Gasteiger partial charge >= 0.3 is 0 Å². The molecule has 170 valence electrons. The van der Waals surface area contributed by atoms with Crippen molar-refractivity contribution in [3.8, 4) is 11.8 Å². The van der Waals surface area contributed by atoms with Gasteiger partial charge < -0.3 is 21.5 Å². The van der Waals surface area contributed by atoms with Crippen LogP contribution in [0.3, 0.4) is 0 Å². The Morgan fingerprint density at radius 3 is 2.59 bits per heavy atom. The Bertz CT molecular complexity index is 1360. The highest BCUT2D eigenvalue weighted by molar-refractivity contribution is 6.31. The van der Waals surface area contributed by atoms with Crippen LogP contribution in [0.1, 0.15) is 21.5 Å². The first-order valence-electron chi connectivity index (χ1n) is 10.4. The lowest BCUT2D eigenvalue weighted by Gasteiger charge is -2.12. The van der Waals surface area contributed by atoms with Crippen molar-refractivity contribution >= 4 is 40.0 Å². The van der Waals surface area contributed by atoms with E-state index < -0.39 is 6.10 Å². The van der Waals surface area contributed by atoms with Gasteiger partial charge in [-0.3, -0.25) is 4.79 Å². The zero-order valence-electron chi connectivity index (χ0n) is 18.0. The molecule has 0 fully saturated rings. The van der Waals surface area contributed by atoms with Crippen LogP contribution in [-0.4, -0.2) is 45.2 Å². The summed E-state index contributed by atoms with van der Waals surface area (Å²) in [6.45, 7) is 0.284. The number of hydrogen-bond donors (Lipinski definition) is 4. The molecule has 5 N–H and O–H groups in total. The number of aliphatic hydroxyl groups excluding tert-OH is 1. The summed E-state index contributed by atoms with van der Waals surface area (Å²) in [5, 5.41) is 18.0. The lowest BCUT2D eigenvalue weighted by molar-refractivity contribution is 0.0921. The molecule has 0 aliphatic rings. The van der Waals surface area contributed by atoms with E-state index in [1.807, 2.05) is 12.1 Å². The van der Waals surface area contributed by atoms with Gasteiger partial charge in [0.15, 0.2) is 0 Å². The van der Waals surface area contributed by atoms with Gasteiger partial charge in [-0.25, -0.2) is 15.0 Å². The number of benzene rings is 2. The number of amides is 1. The second kappa shape index (κ2) is 10.6. The van der Waals surface area contributed by atoms with Gasteiger partial charge in [-0.05, 0) is 42.5 Å². The predicted octanol–water partition coefficient (Wildman–Crippen LogP) is 2.86. The molecule has 34 heavy (non-hydrogen) atoms. The fourth-order valence-corrected chi connectivity index (χ4v) is 3.33. The molecule has 2 aromatic heterocycles. The highest BCUT2D eigenvalue weighted by Crippen LogP contribution is 2.24. The average Bonchev–Trinajstić information content (AvgIpc) is 2.86. The van der Waals surface area contributed by atoms with Gasteiger partial charge in [0.2, 0.25) is 5.95 Å². The second-order valence-electron chi connectivity index (χ2n) is 7.39. The molecule has 8 nitrogen and oxygen atoms in total. The van der Waals surface area contributed by atoms with Crippen molar-refractivity contribution in [3.63, 3.8) is 0 Å². The lowest BCUT2D eigenvalue weighted by Crippen LogP contribution is -2.36. The maximum Gasteiger partial charge on any atom is 0.251 e. The van der Waals surface area contributed by atoms with Crippen LogP contribution in [-0.2, 0) is 0 Å². The number of nitrogens with one attached hydrogen (secondary N) is 2. The first-order chi connectivity index (χ1) is 16.5. The SMILES string of the molecule is Nc1ncc2ccc(Cl)cc2c1C#Cc1ccc(C(=O)NCC(O)CNc2ncccn2)cc1. The standard InChI is InChI=1S/C25H21ClN6O2/c26-19-8-7-18-13-30-23(27)21(22(18)12-19)9-4-16-2-5-17(6-3-16)24(34)31-14-20(33)15-32-25-28-10-1-11-29-25/h1-3,5-8,10-13,20,33H,14-15H2,(H2,27,30)(H,31,34)(H,28,29,32). The largest absolute Gasteiger partial charge is 0.389 e. The molecular formula is C25H21ClN6O2. The minimum Gasteiger partial charge on any atom is -0.389 e. The van der Waals surface area contributed by atoms with Gasteiger partial charge in [0, 0.05) is 58.6 Å². The topological polar surface area (TPSA) is 126 Å². The van der Waals surface area contributed by atoms with E-state index in [2.05, 4.69) is 37.4 Å². The Morgan fingerprint density at radius 1 is 1.06 bits per heavy atom. The molecule has 0 aliphatic carbocycles. The number of pyridine rings is 1. The number of rotatable bonds is 6. The summed E-state index contributed by atoms with van der Waals surface area (Å²) in [7, 11) is 0. The number of nitrogens with two attached hydrogens (primary N) is 1. The minimum absolute atomic E-state index is 0.0795. The normalized spacial score (nSPS) is 11.4. The van der Waals surface area contributed by atoms with Crippen molar-refractivity contribution in [2.24, 2.45) is 0 Å². The number of carbonyl (C=O) groups is 1. The summed E-state index contributed by atoms with van der Waals surface area (Å²) in [6, 6.07) is 14.0. The summed E-state index contributed by atoms with van der Waals surface area (Å²) in [5.41, 5.74) is 7.80. The van der Waals surface area contributed by atoms with Crippen LogP contribution in [0.2, 0.25) is 5.02 Å². The maximum absolute atomic E-state index is 12.4. The van der Waals surface area contributed by atoms with Crippen molar-refractivity contribution in [3.05, 3.63) is 88.8 Å². The smallest absolute Gasteiger partial charge is 0.251 e. The Kier molecular flexibility index (Phi) is 7.18. The van der Waals surface area contributed by atoms with Crippen LogP contribution in [0.25, 0.3) is 10.8 Å². The summed E-state index contributed by atoms with van der Waals surface area (Å²) in [5.74, 6) is 6.56. The Labute approximate surface area is 201 Å². The van der Waals surface area contributed by atoms with Crippen LogP contribution < -0.4 is 16.4 Å². The van der Waals surface area contributed by atoms with Gasteiger partial charge in [-0.15, -0.1) is 0 Å². The van der Waals surface area contributed by atoms with Crippen molar-refractivity contribution in [2.45, 2.75) is 6.10 Å². The lowest BCUT2D eigenvalue weighted by atomic mass is 10.1. The molecule has 1 amide bonds. The first-order valence-corrected chi connectivity index (χ1v) is 10.8. The highest BCUT2D eigenvalue weighted by atomic mass is 35.5. The fourth-order valence-electron chi connectivity index (χ4n) is 3.15.